The molecule has 2 aromatic rings. The van der Waals surface area contributed by atoms with E-state index in [1.165, 1.54) is 0 Å². The van der Waals surface area contributed by atoms with Gasteiger partial charge in [0.05, 0.1) is 16.2 Å². The van der Waals surface area contributed by atoms with Crippen LogP contribution in [0.3, 0.4) is 0 Å². The van der Waals surface area contributed by atoms with Crippen molar-refractivity contribution in [3.05, 3.63) is 57.6 Å². The number of nitrogens with zero attached hydrogens (tertiary/aromatic N) is 3. The molecule has 0 radical (unpaired) electrons. The number of hydrogen-bond donors (Lipinski definition) is 0. The van der Waals surface area contributed by atoms with Gasteiger partial charge in [-0.2, -0.15) is 13.2 Å². The third kappa shape index (κ3) is 3.37. The van der Waals surface area contributed by atoms with Crippen LogP contribution < -0.4 is 4.90 Å². The zero-order chi connectivity index (χ0) is 18.5. The van der Waals surface area contributed by atoms with Crippen LogP contribution in [0.4, 0.5) is 24.5 Å². The number of rotatable bonds is 1. The fourth-order valence-electron chi connectivity index (χ4n) is 3.12. The maximum atomic E-state index is 13.3. The predicted octanol–water partition coefficient (Wildman–Crippen LogP) is 5.16. The van der Waals surface area contributed by atoms with Gasteiger partial charge in [0.25, 0.3) is 5.69 Å². The fourth-order valence-corrected chi connectivity index (χ4v) is 4.27. The van der Waals surface area contributed by atoms with E-state index in [0.29, 0.717) is 31.4 Å². The summed E-state index contributed by atoms with van der Waals surface area (Å²) in [6.07, 6.45) is -4.00. The molecule has 2 aromatic carbocycles. The Morgan fingerprint density at radius 3 is 2.67 bits per heavy atom. The molecule has 2 aliphatic rings. The van der Waals surface area contributed by atoms with Crippen LogP contribution in [0.2, 0.25) is 0 Å². The van der Waals surface area contributed by atoms with E-state index >= 15 is 0 Å². The molecule has 0 saturated carbocycles. The lowest BCUT2D eigenvalue weighted by atomic mass is 10.1. The first kappa shape index (κ1) is 19.5. The van der Waals surface area contributed by atoms with E-state index in [-0.39, 0.29) is 23.0 Å². The molecule has 2 aliphatic heterocycles. The van der Waals surface area contributed by atoms with Gasteiger partial charge in [0, 0.05) is 29.6 Å². The molecule has 2 heterocycles. The third-order valence-corrected chi connectivity index (χ3v) is 5.46. The smallest absolute Gasteiger partial charge is 0.325 e. The van der Waals surface area contributed by atoms with Gasteiger partial charge in [-0.1, -0.05) is 30.0 Å². The Morgan fingerprint density at radius 2 is 1.96 bits per heavy atom. The molecule has 0 spiro atoms. The first-order valence-corrected chi connectivity index (χ1v) is 8.67. The maximum Gasteiger partial charge on any atom is 0.416 e. The quantitative estimate of drug-likeness (QED) is 0.477. The number of aliphatic imine (C=N–C) groups is 1. The summed E-state index contributed by atoms with van der Waals surface area (Å²) in [6, 6.07) is 8.84. The molecule has 0 fully saturated rings. The van der Waals surface area contributed by atoms with Crippen molar-refractivity contribution in [1.29, 1.82) is 0 Å². The molecule has 0 saturated heterocycles. The number of halogens is 4. The molecule has 0 unspecified atom stereocenters. The Balaban J connectivity index is 0.00000210. The zero-order valence-corrected chi connectivity index (χ0v) is 15.3. The van der Waals surface area contributed by atoms with Crippen LogP contribution >= 0.6 is 24.2 Å². The minimum Gasteiger partial charge on any atom is -0.325 e. The standard InChI is InChI=1S/C17H12F3N3O2S.ClH/c18-17(19,20)10-8-12-15(13(9-10)23(24)25)26-14-5-2-1-4-11(14)16-21-6-3-7-22(12)16;/h1-2,4-5,8-9H,3,6-7H2;1H. The topological polar surface area (TPSA) is 58.7 Å². The van der Waals surface area contributed by atoms with Gasteiger partial charge >= 0.3 is 6.18 Å². The number of hydrogen-bond acceptors (Lipinski definition) is 5. The zero-order valence-electron chi connectivity index (χ0n) is 13.7. The van der Waals surface area contributed by atoms with Crippen LogP contribution in [0.5, 0.6) is 0 Å². The van der Waals surface area contributed by atoms with Gasteiger partial charge in [0.2, 0.25) is 0 Å². The molecule has 4 rings (SSSR count). The molecule has 0 N–H and O–H groups in total. The van der Waals surface area contributed by atoms with Crippen LogP contribution in [0.1, 0.15) is 17.5 Å². The monoisotopic (exact) mass is 415 g/mol. The number of alkyl halides is 3. The van der Waals surface area contributed by atoms with E-state index in [4.69, 9.17) is 0 Å². The molecule has 10 heteroatoms. The van der Waals surface area contributed by atoms with Gasteiger partial charge in [-0.05, 0) is 18.6 Å². The Kier molecular flexibility index (Phi) is 5.09. The van der Waals surface area contributed by atoms with E-state index < -0.39 is 22.4 Å². The minimum atomic E-state index is -4.67. The van der Waals surface area contributed by atoms with Crippen molar-refractivity contribution in [2.24, 2.45) is 4.99 Å². The fraction of sp³-hybridized carbons (Fsp3) is 0.235. The number of nitro benzene ring substituents is 1. The van der Waals surface area contributed by atoms with Crippen LogP contribution in [0.25, 0.3) is 0 Å². The summed E-state index contributed by atoms with van der Waals surface area (Å²) in [5, 5.41) is 11.5. The lowest BCUT2D eigenvalue weighted by Gasteiger charge is -2.29. The summed E-state index contributed by atoms with van der Waals surface area (Å²) in [5.41, 5.74) is -0.608. The van der Waals surface area contributed by atoms with Crippen molar-refractivity contribution in [3.8, 4) is 0 Å². The summed E-state index contributed by atoms with van der Waals surface area (Å²) in [7, 11) is 0. The second-order valence-electron chi connectivity index (χ2n) is 5.91. The van der Waals surface area contributed by atoms with Crippen molar-refractivity contribution in [3.63, 3.8) is 0 Å². The lowest BCUT2D eigenvalue weighted by molar-refractivity contribution is -0.387. The second kappa shape index (κ2) is 7.05. The molecule has 0 amide bonds. The molecule has 0 bridgehead atoms. The summed E-state index contributed by atoms with van der Waals surface area (Å²) < 4.78 is 39.9. The van der Waals surface area contributed by atoms with Gasteiger partial charge in [0.1, 0.15) is 10.7 Å². The second-order valence-corrected chi connectivity index (χ2v) is 6.96. The predicted molar refractivity (Wildman–Crippen MR) is 99.3 cm³/mol. The summed E-state index contributed by atoms with van der Waals surface area (Å²) in [5.74, 6) is 0.562. The molecule has 5 nitrogen and oxygen atoms in total. The van der Waals surface area contributed by atoms with E-state index in [2.05, 4.69) is 4.99 Å². The van der Waals surface area contributed by atoms with Crippen molar-refractivity contribution >= 4 is 41.4 Å². The number of nitro groups is 1. The van der Waals surface area contributed by atoms with Crippen molar-refractivity contribution < 1.29 is 18.1 Å². The minimum absolute atomic E-state index is 0. The van der Waals surface area contributed by atoms with E-state index in [9.17, 15) is 23.3 Å². The Hall–Kier alpha value is -2.26. The van der Waals surface area contributed by atoms with Crippen LogP contribution in [-0.4, -0.2) is 23.8 Å². The van der Waals surface area contributed by atoms with Gasteiger partial charge < -0.3 is 4.90 Å². The average molecular weight is 416 g/mol. The highest BCUT2D eigenvalue weighted by molar-refractivity contribution is 7.99. The molecule has 0 aromatic heterocycles. The highest BCUT2D eigenvalue weighted by Crippen LogP contribution is 2.49. The largest absolute Gasteiger partial charge is 0.416 e. The van der Waals surface area contributed by atoms with Crippen molar-refractivity contribution in [2.45, 2.75) is 22.4 Å². The van der Waals surface area contributed by atoms with Gasteiger partial charge in [-0.3, -0.25) is 15.1 Å². The molecular formula is C17H13ClF3N3O2S. The van der Waals surface area contributed by atoms with E-state index in [0.717, 1.165) is 28.3 Å². The highest BCUT2D eigenvalue weighted by Gasteiger charge is 2.38. The molecular weight excluding hydrogens is 403 g/mol. The van der Waals surface area contributed by atoms with Gasteiger partial charge in [-0.15, -0.1) is 12.4 Å². The Bertz CT molecular complexity index is 950. The first-order chi connectivity index (χ1) is 12.4. The number of benzene rings is 2. The summed E-state index contributed by atoms with van der Waals surface area (Å²) in [6.45, 7) is 1.03. The van der Waals surface area contributed by atoms with E-state index in [1.807, 2.05) is 12.1 Å². The number of amidine groups is 1. The number of anilines is 1. The average Bonchev–Trinajstić information content (AvgIpc) is 2.75. The van der Waals surface area contributed by atoms with Gasteiger partial charge in [-0.25, -0.2) is 0 Å². The van der Waals surface area contributed by atoms with Crippen molar-refractivity contribution in [1.82, 2.24) is 0 Å². The third-order valence-electron chi connectivity index (χ3n) is 4.26. The normalized spacial score (nSPS) is 15.5. The molecule has 0 atom stereocenters. The first-order valence-electron chi connectivity index (χ1n) is 7.85. The van der Waals surface area contributed by atoms with Crippen molar-refractivity contribution in [2.75, 3.05) is 18.0 Å². The molecule has 0 aliphatic carbocycles. The Labute approximate surface area is 162 Å². The van der Waals surface area contributed by atoms with Crippen LogP contribution in [0.15, 0.2) is 51.2 Å². The lowest BCUT2D eigenvalue weighted by Crippen LogP contribution is -2.36. The Morgan fingerprint density at radius 1 is 1.22 bits per heavy atom. The summed E-state index contributed by atoms with van der Waals surface area (Å²) in [4.78, 5) is 17.9. The van der Waals surface area contributed by atoms with Crippen LogP contribution in [-0.2, 0) is 6.18 Å². The summed E-state index contributed by atoms with van der Waals surface area (Å²) >= 11 is 1.11. The van der Waals surface area contributed by atoms with E-state index in [1.54, 1.807) is 17.0 Å². The van der Waals surface area contributed by atoms with Crippen LogP contribution in [0, 0.1) is 10.1 Å². The molecule has 27 heavy (non-hydrogen) atoms. The maximum absolute atomic E-state index is 13.3. The molecule has 142 valence electrons. The SMILES string of the molecule is Cl.O=[N+]([O-])c1cc(C(F)(F)F)cc2c1Sc1ccccc1C1=NCCCN12. The highest BCUT2D eigenvalue weighted by atomic mass is 35.5. The van der Waals surface area contributed by atoms with Gasteiger partial charge in [0.15, 0.2) is 0 Å². The number of fused-ring (bicyclic) bond motifs is 5.